The summed E-state index contributed by atoms with van der Waals surface area (Å²) < 4.78 is 25.3. The van der Waals surface area contributed by atoms with Crippen molar-refractivity contribution in [2.75, 3.05) is 4.72 Å². The van der Waals surface area contributed by atoms with Gasteiger partial charge < -0.3 is 0 Å². The van der Waals surface area contributed by atoms with E-state index in [9.17, 15) is 8.42 Å². The van der Waals surface area contributed by atoms with Gasteiger partial charge in [0, 0.05) is 0 Å². The average Bonchev–Trinajstić information content (AvgIpc) is 2.23. The summed E-state index contributed by atoms with van der Waals surface area (Å²) in [6.07, 6.45) is 0. The third-order valence-corrected chi connectivity index (χ3v) is 4.21. The first-order chi connectivity index (χ1) is 7.38. The van der Waals surface area contributed by atoms with E-state index in [-0.39, 0.29) is 15.7 Å². The van der Waals surface area contributed by atoms with E-state index in [1.807, 2.05) is 0 Å². The van der Waals surface area contributed by atoms with Crippen LogP contribution in [0.2, 0.25) is 10.0 Å². The SMILES string of the molecule is CC(C#N)S(=O)(=O)Nc1cccc(Cl)c1Cl. The van der Waals surface area contributed by atoms with Crippen LogP contribution in [0.3, 0.4) is 0 Å². The van der Waals surface area contributed by atoms with Crippen LogP contribution in [0, 0.1) is 11.3 Å². The smallest absolute Gasteiger partial charge is 0.248 e. The van der Waals surface area contributed by atoms with Crippen molar-refractivity contribution in [2.24, 2.45) is 0 Å². The Labute approximate surface area is 104 Å². The summed E-state index contributed by atoms with van der Waals surface area (Å²) in [5.41, 5.74) is 0.163. The second-order valence-corrected chi connectivity index (χ2v) is 5.81. The van der Waals surface area contributed by atoms with Gasteiger partial charge in [0.15, 0.2) is 5.25 Å². The van der Waals surface area contributed by atoms with Gasteiger partial charge in [0.2, 0.25) is 10.0 Å². The monoisotopic (exact) mass is 278 g/mol. The number of halogens is 2. The van der Waals surface area contributed by atoms with Crippen LogP contribution in [0.1, 0.15) is 6.92 Å². The Morgan fingerprint density at radius 3 is 2.62 bits per heavy atom. The second kappa shape index (κ2) is 4.91. The van der Waals surface area contributed by atoms with E-state index >= 15 is 0 Å². The highest BCUT2D eigenvalue weighted by Crippen LogP contribution is 2.30. The fourth-order valence-corrected chi connectivity index (χ4v) is 2.09. The molecule has 1 aromatic carbocycles. The Kier molecular flexibility index (Phi) is 4.03. The minimum Gasteiger partial charge on any atom is -0.281 e. The van der Waals surface area contributed by atoms with Gasteiger partial charge in [0.1, 0.15) is 0 Å². The molecule has 0 fully saturated rings. The van der Waals surface area contributed by atoms with Crippen molar-refractivity contribution in [2.45, 2.75) is 12.2 Å². The average molecular weight is 279 g/mol. The molecule has 0 amide bonds. The summed E-state index contributed by atoms with van der Waals surface area (Å²) in [5.74, 6) is 0. The van der Waals surface area contributed by atoms with Gasteiger partial charge >= 0.3 is 0 Å². The summed E-state index contributed by atoms with van der Waals surface area (Å²) in [6.45, 7) is 1.28. The molecule has 0 spiro atoms. The first-order valence-corrected chi connectivity index (χ1v) is 6.54. The van der Waals surface area contributed by atoms with Gasteiger partial charge in [0.25, 0.3) is 0 Å². The molecule has 1 aromatic rings. The van der Waals surface area contributed by atoms with Crippen molar-refractivity contribution in [3.8, 4) is 6.07 Å². The number of hydrogen-bond acceptors (Lipinski definition) is 3. The van der Waals surface area contributed by atoms with Gasteiger partial charge in [-0.25, -0.2) is 8.42 Å². The summed E-state index contributed by atoms with van der Waals surface area (Å²) in [7, 11) is -3.76. The lowest BCUT2D eigenvalue weighted by Crippen LogP contribution is -2.23. The standard InChI is InChI=1S/C9H8Cl2N2O2S/c1-6(5-12)16(14,15)13-8-4-2-3-7(10)9(8)11/h2-4,6,13H,1H3. The maximum Gasteiger partial charge on any atom is 0.248 e. The van der Waals surface area contributed by atoms with Gasteiger partial charge in [0.05, 0.1) is 21.8 Å². The van der Waals surface area contributed by atoms with Crippen LogP contribution in [0.5, 0.6) is 0 Å². The van der Waals surface area contributed by atoms with E-state index in [2.05, 4.69) is 4.72 Å². The van der Waals surface area contributed by atoms with Crippen molar-refractivity contribution in [3.05, 3.63) is 28.2 Å². The Morgan fingerprint density at radius 2 is 2.06 bits per heavy atom. The van der Waals surface area contributed by atoms with Crippen molar-refractivity contribution < 1.29 is 8.42 Å². The van der Waals surface area contributed by atoms with Gasteiger partial charge in [-0.2, -0.15) is 5.26 Å². The molecule has 0 bridgehead atoms. The van der Waals surface area contributed by atoms with Crippen molar-refractivity contribution >= 4 is 38.9 Å². The van der Waals surface area contributed by atoms with Crippen molar-refractivity contribution in [3.63, 3.8) is 0 Å². The molecular formula is C9H8Cl2N2O2S. The van der Waals surface area contributed by atoms with Crippen LogP contribution in [-0.2, 0) is 10.0 Å². The third kappa shape index (κ3) is 2.79. The number of benzene rings is 1. The van der Waals surface area contributed by atoms with E-state index in [4.69, 9.17) is 28.5 Å². The van der Waals surface area contributed by atoms with E-state index in [1.165, 1.54) is 19.1 Å². The van der Waals surface area contributed by atoms with E-state index in [0.29, 0.717) is 0 Å². The first-order valence-electron chi connectivity index (χ1n) is 4.23. The number of anilines is 1. The van der Waals surface area contributed by atoms with Crippen molar-refractivity contribution in [1.82, 2.24) is 0 Å². The summed E-state index contributed by atoms with van der Waals surface area (Å²) in [5, 5.41) is 7.73. The van der Waals surface area contributed by atoms with Crippen LogP contribution >= 0.6 is 23.2 Å². The molecule has 1 N–H and O–H groups in total. The van der Waals surface area contributed by atoms with Crippen LogP contribution in [0.4, 0.5) is 5.69 Å². The molecule has 1 rings (SSSR count). The Balaban J connectivity index is 3.08. The Morgan fingerprint density at radius 1 is 1.44 bits per heavy atom. The minimum atomic E-state index is -3.76. The Bertz CT molecular complexity index is 537. The number of nitrogens with zero attached hydrogens (tertiary/aromatic N) is 1. The second-order valence-electron chi connectivity index (χ2n) is 3.02. The molecule has 7 heteroatoms. The zero-order valence-corrected chi connectivity index (χ0v) is 10.6. The van der Waals surface area contributed by atoms with Gasteiger partial charge in [-0.15, -0.1) is 0 Å². The predicted molar refractivity (Wildman–Crippen MR) is 64.1 cm³/mol. The van der Waals surface area contributed by atoms with Crippen LogP contribution < -0.4 is 4.72 Å². The Hall–Kier alpha value is -0.960. The lowest BCUT2D eigenvalue weighted by molar-refractivity contribution is 0.597. The highest BCUT2D eigenvalue weighted by atomic mass is 35.5. The van der Waals surface area contributed by atoms with Crippen LogP contribution in [0.15, 0.2) is 18.2 Å². The molecule has 16 heavy (non-hydrogen) atoms. The number of hydrogen-bond donors (Lipinski definition) is 1. The molecule has 0 radical (unpaired) electrons. The molecule has 0 aliphatic rings. The topological polar surface area (TPSA) is 70.0 Å². The number of nitrogens with one attached hydrogen (secondary N) is 1. The summed E-state index contributed by atoms with van der Waals surface area (Å²) in [6, 6.07) is 6.20. The third-order valence-electron chi connectivity index (χ3n) is 1.85. The molecule has 0 heterocycles. The predicted octanol–water partition coefficient (Wildman–Crippen LogP) is 2.65. The van der Waals surface area contributed by atoms with Crippen LogP contribution in [-0.4, -0.2) is 13.7 Å². The maximum absolute atomic E-state index is 11.6. The first kappa shape index (κ1) is 13.1. The number of rotatable bonds is 3. The largest absolute Gasteiger partial charge is 0.281 e. The highest BCUT2D eigenvalue weighted by molar-refractivity contribution is 7.93. The molecule has 0 aliphatic carbocycles. The number of sulfonamides is 1. The molecule has 1 atom stereocenters. The summed E-state index contributed by atoms with van der Waals surface area (Å²) in [4.78, 5) is 0. The number of nitriles is 1. The van der Waals surface area contributed by atoms with Crippen LogP contribution in [0.25, 0.3) is 0 Å². The zero-order chi connectivity index (χ0) is 12.3. The fraction of sp³-hybridized carbons (Fsp3) is 0.222. The molecule has 86 valence electrons. The molecule has 0 aliphatic heterocycles. The molecule has 1 unspecified atom stereocenters. The van der Waals surface area contributed by atoms with Gasteiger partial charge in [-0.3, -0.25) is 4.72 Å². The maximum atomic E-state index is 11.6. The molecular weight excluding hydrogens is 271 g/mol. The summed E-state index contributed by atoms with van der Waals surface area (Å²) >= 11 is 11.5. The highest BCUT2D eigenvalue weighted by Gasteiger charge is 2.21. The quantitative estimate of drug-likeness (QED) is 0.924. The van der Waals surface area contributed by atoms with E-state index < -0.39 is 15.3 Å². The normalized spacial score (nSPS) is 12.9. The fourth-order valence-electron chi connectivity index (χ4n) is 0.894. The molecule has 0 saturated heterocycles. The van der Waals surface area contributed by atoms with Crippen molar-refractivity contribution in [1.29, 1.82) is 5.26 Å². The lowest BCUT2D eigenvalue weighted by atomic mass is 10.3. The molecule has 4 nitrogen and oxygen atoms in total. The van der Waals surface area contributed by atoms with Gasteiger partial charge in [-0.1, -0.05) is 29.3 Å². The molecule has 0 aromatic heterocycles. The van der Waals surface area contributed by atoms with E-state index in [0.717, 1.165) is 0 Å². The molecule has 0 saturated carbocycles. The minimum absolute atomic E-state index is 0.109. The van der Waals surface area contributed by atoms with Gasteiger partial charge in [-0.05, 0) is 19.1 Å². The van der Waals surface area contributed by atoms with E-state index in [1.54, 1.807) is 12.1 Å². The zero-order valence-electron chi connectivity index (χ0n) is 8.24. The lowest BCUT2D eigenvalue weighted by Gasteiger charge is -2.11.